The van der Waals surface area contributed by atoms with Crippen LogP contribution in [0.15, 0.2) is 0 Å². The van der Waals surface area contributed by atoms with Gasteiger partial charge in [0.15, 0.2) is 0 Å². The van der Waals surface area contributed by atoms with E-state index < -0.39 is 0 Å². The summed E-state index contributed by atoms with van der Waals surface area (Å²) in [6.45, 7) is 10.5. The lowest BCUT2D eigenvalue weighted by Gasteiger charge is -2.21. The van der Waals surface area contributed by atoms with Gasteiger partial charge in [0.1, 0.15) is 5.78 Å². The smallest absolute Gasteiger partial charge is 0.219 e. The third kappa shape index (κ3) is 17.2. The van der Waals surface area contributed by atoms with Crippen molar-refractivity contribution in [1.82, 2.24) is 0 Å². The van der Waals surface area contributed by atoms with Crippen LogP contribution in [0.5, 0.6) is 0 Å². The van der Waals surface area contributed by atoms with E-state index in [4.69, 9.17) is 15.6 Å². The number of amides is 1. The van der Waals surface area contributed by atoms with Crippen molar-refractivity contribution in [2.45, 2.75) is 111 Å². The predicted molar refractivity (Wildman–Crippen MR) is 119 cm³/mol. The molecule has 5 nitrogen and oxygen atoms in total. The van der Waals surface area contributed by atoms with Crippen molar-refractivity contribution < 1.29 is 20.9 Å². The topological polar surface area (TPSA) is 89.6 Å². The molecule has 0 atom stereocenters. The van der Waals surface area contributed by atoms with Crippen molar-refractivity contribution in [1.29, 1.82) is 0 Å². The summed E-state index contributed by atoms with van der Waals surface area (Å²) < 4.78 is 5.49. The molecule has 2 rings (SSSR count). The SMILES string of the molecule is CC.CC(C)C(=O)C1CCCCC1.CCO.NC(=O)CCOC1CCCCC1.[HH]. The van der Waals surface area contributed by atoms with Crippen molar-refractivity contribution >= 4 is 11.7 Å². The van der Waals surface area contributed by atoms with Gasteiger partial charge < -0.3 is 15.6 Å². The van der Waals surface area contributed by atoms with Gasteiger partial charge >= 0.3 is 0 Å². The molecule has 170 valence electrons. The molecule has 5 heteroatoms. The summed E-state index contributed by atoms with van der Waals surface area (Å²) in [5.74, 6) is 0.873. The first-order valence-electron chi connectivity index (χ1n) is 11.5. The number of hydrogen-bond acceptors (Lipinski definition) is 4. The summed E-state index contributed by atoms with van der Waals surface area (Å²) in [5.41, 5.74) is 4.99. The molecule has 0 bridgehead atoms. The van der Waals surface area contributed by atoms with Crippen LogP contribution in [0.1, 0.15) is 107 Å². The first-order valence-corrected chi connectivity index (χ1v) is 11.5. The zero-order valence-corrected chi connectivity index (χ0v) is 19.2. The Morgan fingerprint density at radius 1 is 1.00 bits per heavy atom. The molecule has 0 radical (unpaired) electrons. The van der Waals surface area contributed by atoms with Crippen LogP contribution in [0.2, 0.25) is 0 Å². The minimum atomic E-state index is -0.272. The highest BCUT2D eigenvalue weighted by atomic mass is 16.5. The quantitative estimate of drug-likeness (QED) is 0.632. The van der Waals surface area contributed by atoms with Crippen LogP contribution < -0.4 is 5.73 Å². The van der Waals surface area contributed by atoms with Gasteiger partial charge in [-0.2, -0.15) is 0 Å². The van der Waals surface area contributed by atoms with Gasteiger partial charge in [-0.15, -0.1) is 0 Å². The average molecular weight is 404 g/mol. The fourth-order valence-corrected chi connectivity index (χ4v) is 3.42. The number of carbonyl (C=O) groups excluding carboxylic acids is 2. The van der Waals surface area contributed by atoms with Gasteiger partial charge in [-0.3, -0.25) is 9.59 Å². The predicted octanol–water partition coefficient (Wildman–Crippen LogP) is 5.27. The number of nitrogens with two attached hydrogens (primary N) is 1. The second-order valence-electron chi connectivity index (χ2n) is 7.56. The third-order valence-corrected chi connectivity index (χ3v) is 4.83. The standard InChI is InChI=1S/C10H18O.C9H17NO2.C2H6O.C2H6.H2/c1-8(2)10(11)9-6-4-3-5-7-9;10-9(11)6-7-12-8-4-2-1-3-5-8;1-2-3;1-2;/h8-9H,3-7H2,1-2H3;8H,1-7H2,(H2,10,11);3H,2H2,1H3;1-2H3;1H. The maximum Gasteiger partial charge on any atom is 0.219 e. The van der Waals surface area contributed by atoms with Gasteiger partial charge in [-0.05, 0) is 32.6 Å². The van der Waals surface area contributed by atoms with E-state index in [9.17, 15) is 9.59 Å². The van der Waals surface area contributed by atoms with Crippen LogP contribution in [-0.2, 0) is 14.3 Å². The highest BCUT2D eigenvalue weighted by molar-refractivity contribution is 5.82. The molecule has 0 aromatic heterocycles. The van der Waals surface area contributed by atoms with E-state index in [1.165, 1.54) is 38.5 Å². The molecule has 0 saturated heterocycles. The van der Waals surface area contributed by atoms with Crippen LogP contribution in [-0.4, -0.2) is 36.1 Å². The van der Waals surface area contributed by atoms with Crippen LogP contribution in [0.25, 0.3) is 0 Å². The van der Waals surface area contributed by atoms with Gasteiger partial charge in [-0.1, -0.05) is 66.2 Å². The summed E-state index contributed by atoms with van der Waals surface area (Å²) >= 11 is 0. The number of hydrogen-bond donors (Lipinski definition) is 2. The van der Waals surface area contributed by atoms with Gasteiger partial charge in [-0.25, -0.2) is 0 Å². The Labute approximate surface area is 175 Å². The van der Waals surface area contributed by atoms with Crippen molar-refractivity contribution in [3.63, 3.8) is 0 Å². The van der Waals surface area contributed by atoms with Crippen LogP contribution in [0, 0.1) is 11.8 Å². The Morgan fingerprint density at radius 3 is 1.82 bits per heavy atom. The van der Waals surface area contributed by atoms with Gasteiger partial charge in [0.2, 0.25) is 5.91 Å². The van der Waals surface area contributed by atoms with Gasteiger partial charge in [0.05, 0.1) is 12.7 Å². The Kier molecular flexibility index (Phi) is 21.7. The number of primary amides is 1. The molecule has 0 unspecified atom stereocenters. The highest BCUT2D eigenvalue weighted by Gasteiger charge is 2.22. The number of carbonyl (C=O) groups is 2. The number of aliphatic hydroxyl groups excluding tert-OH is 1. The summed E-state index contributed by atoms with van der Waals surface area (Å²) in [5, 5.41) is 7.57. The Bertz CT molecular complexity index is 366. The Hall–Kier alpha value is -0.940. The molecule has 2 fully saturated rings. The maximum atomic E-state index is 11.5. The van der Waals surface area contributed by atoms with Crippen molar-refractivity contribution in [3.8, 4) is 0 Å². The Morgan fingerprint density at radius 2 is 1.43 bits per heavy atom. The van der Waals surface area contributed by atoms with Crippen molar-refractivity contribution in [3.05, 3.63) is 0 Å². The molecule has 2 aliphatic carbocycles. The van der Waals surface area contributed by atoms with Crippen LogP contribution in [0.3, 0.4) is 0 Å². The van der Waals surface area contributed by atoms with Gasteiger partial charge in [0.25, 0.3) is 0 Å². The second kappa shape index (κ2) is 20.8. The van der Waals surface area contributed by atoms with E-state index in [1.54, 1.807) is 6.92 Å². The number of aliphatic hydroxyl groups is 1. The van der Waals surface area contributed by atoms with E-state index in [-0.39, 0.29) is 19.9 Å². The maximum absolute atomic E-state index is 11.5. The lowest BCUT2D eigenvalue weighted by molar-refractivity contribution is -0.126. The Balaban J connectivity index is -0.000000372. The van der Waals surface area contributed by atoms with Crippen LogP contribution in [0.4, 0.5) is 0 Å². The minimum absolute atomic E-state index is 0. The summed E-state index contributed by atoms with van der Waals surface area (Å²) in [7, 11) is 0. The van der Waals surface area contributed by atoms with E-state index in [0.29, 0.717) is 30.8 Å². The molecule has 3 N–H and O–H groups in total. The summed E-state index contributed by atoms with van der Waals surface area (Å²) in [4.78, 5) is 21.9. The van der Waals surface area contributed by atoms with E-state index in [2.05, 4.69) is 0 Å². The zero-order chi connectivity index (χ0) is 21.8. The van der Waals surface area contributed by atoms with Crippen molar-refractivity contribution in [2.75, 3.05) is 13.2 Å². The number of ketones is 1. The van der Waals surface area contributed by atoms with Crippen LogP contribution >= 0.6 is 0 Å². The van der Waals surface area contributed by atoms with E-state index in [1.807, 2.05) is 27.7 Å². The highest BCUT2D eigenvalue weighted by Crippen LogP contribution is 2.26. The first-order chi connectivity index (χ1) is 13.4. The molecule has 2 saturated carbocycles. The summed E-state index contributed by atoms with van der Waals surface area (Å²) in [6, 6.07) is 0. The fraction of sp³-hybridized carbons (Fsp3) is 0.913. The molecule has 0 aromatic carbocycles. The second-order valence-corrected chi connectivity index (χ2v) is 7.56. The lowest BCUT2D eigenvalue weighted by Crippen LogP contribution is -2.21. The molecule has 28 heavy (non-hydrogen) atoms. The molecule has 1 amide bonds. The largest absolute Gasteiger partial charge is 0.397 e. The first kappa shape index (κ1) is 29.3. The lowest BCUT2D eigenvalue weighted by atomic mass is 9.83. The van der Waals surface area contributed by atoms with E-state index in [0.717, 1.165) is 25.7 Å². The third-order valence-electron chi connectivity index (χ3n) is 4.83. The molecule has 0 spiro atoms. The van der Waals surface area contributed by atoms with Crippen molar-refractivity contribution in [2.24, 2.45) is 17.6 Å². The molecular formula is C23H49NO4. The number of Topliss-reactive ketones (excluding diaryl/α,β-unsaturated/α-hetero) is 1. The number of ether oxygens (including phenoxy) is 1. The molecular weight excluding hydrogens is 354 g/mol. The molecule has 0 aromatic rings. The molecule has 0 heterocycles. The normalized spacial score (nSPS) is 17.2. The van der Waals surface area contributed by atoms with Gasteiger partial charge in [0, 0.05) is 26.3 Å². The molecule has 2 aliphatic rings. The number of rotatable bonds is 6. The van der Waals surface area contributed by atoms with E-state index >= 15 is 0 Å². The summed E-state index contributed by atoms with van der Waals surface area (Å²) in [6.07, 6.45) is 13.1. The monoisotopic (exact) mass is 403 g/mol. The fourth-order valence-electron chi connectivity index (χ4n) is 3.42. The average Bonchev–Trinajstić information content (AvgIpc) is 2.71. The molecule has 0 aliphatic heterocycles. The minimum Gasteiger partial charge on any atom is -0.397 e. The zero-order valence-electron chi connectivity index (χ0n) is 19.2.